The molecule has 2 amide bonds. The highest BCUT2D eigenvalue weighted by Crippen LogP contribution is 2.23. The fourth-order valence-electron chi connectivity index (χ4n) is 3.74. The standard InChI is InChI=1S/C22H28BrN3O3/c1-26(18-9-3-2-4-10-18)15-17-8-6-5-7-16(17)13-24-21(27)14-25-22(28)19-11-12-20(23)29-19/h5-8,11-12,18H,2-4,9-10,13-15H2,1H3,(H,24,27)(H,25,28). The summed E-state index contributed by atoms with van der Waals surface area (Å²) in [6.45, 7) is 1.22. The third-order valence-electron chi connectivity index (χ3n) is 5.42. The molecule has 0 saturated heterocycles. The van der Waals surface area contributed by atoms with Crippen molar-refractivity contribution in [3.63, 3.8) is 0 Å². The summed E-state index contributed by atoms with van der Waals surface area (Å²) in [4.78, 5) is 26.5. The number of carbonyl (C=O) groups excluding carboxylic acids is 2. The minimum Gasteiger partial charge on any atom is -0.444 e. The van der Waals surface area contributed by atoms with Crippen molar-refractivity contribution in [1.29, 1.82) is 0 Å². The summed E-state index contributed by atoms with van der Waals surface area (Å²) in [5.41, 5.74) is 2.33. The molecule has 1 aromatic carbocycles. The van der Waals surface area contributed by atoms with Crippen LogP contribution in [0.4, 0.5) is 0 Å². The Balaban J connectivity index is 1.48. The van der Waals surface area contributed by atoms with Crippen LogP contribution in [-0.4, -0.2) is 36.3 Å². The molecule has 2 aromatic rings. The van der Waals surface area contributed by atoms with E-state index in [1.807, 2.05) is 18.2 Å². The van der Waals surface area contributed by atoms with Crippen LogP contribution in [0, 0.1) is 0 Å². The summed E-state index contributed by atoms with van der Waals surface area (Å²) >= 11 is 3.15. The molecule has 1 saturated carbocycles. The Bertz CT molecular complexity index is 830. The number of amides is 2. The normalized spacial score (nSPS) is 14.7. The van der Waals surface area contributed by atoms with Gasteiger partial charge in [-0.25, -0.2) is 0 Å². The lowest BCUT2D eigenvalue weighted by atomic mass is 9.94. The Morgan fingerprint density at radius 2 is 1.79 bits per heavy atom. The molecular formula is C22H28BrN3O3. The van der Waals surface area contributed by atoms with E-state index in [2.05, 4.69) is 44.6 Å². The van der Waals surface area contributed by atoms with Gasteiger partial charge in [0.25, 0.3) is 5.91 Å². The predicted octanol–water partition coefficient (Wildman–Crippen LogP) is 3.85. The Hall–Kier alpha value is -2.12. The van der Waals surface area contributed by atoms with E-state index in [9.17, 15) is 9.59 Å². The Kier molecular flexibility index (Phi) is 7.89. The van der Waals surface area contributed by atoms with Crippen LogP contribution >= 0.6 is 15.9 Å². The molecule has 3 rings (SSSR count). The molecule has 0 bridgehead atoms. The van der Waals surface area contributed by atoms with E-state index in [-0.39, 0.29) is 18.2 Å². The minimum atomic E-state index is -0.416. The number of nitrogens with zero attached hydrogens (tertiary/aromatic N) is 1. The van der Waals surface area contributed by atoms with Gasteiger partial charge in [0.1, 0.15) is 0 Å². The highest BCUT2D eigenvalue weighted by atomic mass is 79.9. The summed E-state index contributed by atoms with van der Waals surface area (Å²) in [6.07, 6.45) is 6.50. The first kappa shape index (κ1) is 21.6. The van der Waals surface area contributed by atoms with Crippen molar-refractivity contribution in [3.05, 3.63) is 58.0 Å². The molecule has 156 valence electrons. The van der Waals surface area contributed by atoms with Gasteiger partial charge in [0.05, 0.1) is 6.54 Å². The molecular weight excluding hydrogens is 434 g/mol. The first-order chi connectivity index (χ1) is 14.0. The zero-order valence-electron chi connectivity index (χ0n) is 16.7. The second-order valence-corrected chi connectivity index (χ2v) is 8.32. The number of hydrogen-bond donors (Lipinski definition) is 2. The van der Waals surface area contributed by atoms with Gasteiger partial charge in [-0.3, -0.25) is 14.5 Å². The number of nitrogens with one attached hydrogen (secondary N) is 2. The molecule has 1 heterocycles. The number of halogens is 1. The second-order valence-electron chi connectivity index (χ2n) is 7.54. The first-order valence-corrected chi connectivity index (χ1v) is 10.9. The maximum Gasteiger partial charge on any atom is 0.287 e. The third-order valence-corrected chi connectivity index (χ3v) is 5.84. The number of carbonyl (C=O) groups is 2. The maximum atomic E-state index is 12.2. The first-order valence-electron chi connectivity index (χ1n) is 10.1. The van der Waals surface area contributed by atoms with Crippen molar-refractivity contribution < 1.29 is 14.0 Å². The zero-order chi connectivity index (χ0) is 20.6. The molecule has 0 atom stereocenters. The molecule has 1 fully saturated rings. The highest BCUT2D eigenvalue weighted by molar-refractivity contribution is 9.10. The van der Waals surface area contributed by atoms with Gasteiger partial charge in [-0.15, -0.1) is 0 Å². The van der Waals surface area contributed by atoms with E-state index in [1.165, 1.54) is 37.7 Å². The van der Waals surface area contributed by atoms with E-state index in [0.717, 1.165) is 12.1 Å². The van der Waals surface area contributed by atoms with Gasteiger partial charge in [-0.2, -0.15) is 0 Å². The van der Waals surface area contributed by atoms with E-state index < -0.39 is 5.91 Å². The molecule has 6 nitrogen and oxygen atoms in total. The predicted molar refractivity (Wildman–Crippen MR) is 115 cm³/mol. The molecule has 1 aromatic heterocycles. The lowest BCUT2D eigenvalue weighted by Gasteiger charge is -2.31. The molecule has 0 unspecified atom stereocenters. The molecule has 0 radical (unpaired) electrons. The lowest BCUT2D eigenvalue weighted by Crippen LogP contribution is -2.37. The van der Waals surface area contributed by atoms with Crippen molar-refractivity contribution in [2.75, 3.05) is 13.6 Å². The van der Waals surface area contributed by atoms with Gasteiger partial charge < -0.3 is 15.1 Å². The summed E-state index contributed by atoms with van der Waals surface area (Å²) < 4.78 is 5.65. The number of benzene rings is 1. The smallest absolute Gasteiger partial charge is 0.287 e. The number of furan rings is 1. The fourth-order valence-corrected chi connectivity index (χ4v) is 4.05. The zero-order valence-corrected chi connectivity index (χ0v) is 18.3. The van der Waals surface area contributed by atoms with Crippen LogP contribution in [0.5, 0.6) is 0 Å². The van der Waals surface area contributed by atoms with Crippen molar-refractivity contribution in [3.8, 4) is 0 Å². The summed E-state index contributed by atoms with van der Waals surface area (Å²) in [5.74, 6) is -0.486. The van der Waals surface area contributed by atoms with E-state index in [4.69, 9.17) is 4.42 Å². The average Bonchev–Trinajstić information content (AvgIpc) is 3.18. The van der Waals surface area contributed by atoms with Crippen LogP contribution in [0.3, 0.4) is 0 Å². The molecule has 0 spiro atoms. The van der Waals surface area contributed by atoms with E-state index >= 15 is 0 Å². The van der Waals surface area contributed by atoms with Crippen molar-refractivity contribution >= 4 is 27.7 Å². The molecule has 29 heavy (non-hydrogen) atoms. The Labute approximate surface area is 180 Å². The van der Waals surface area contributed by atoms with E-state index in [0.29, 0.717) is 17.3 Å². The lowest BCUT2D eigenvalue weighted by molar-refractivity contribution is -0.120. The Morgan fingerprint density at radius 1 is 1.07 bits per heavy atom. The van der Waals surface area contributed by atoms with Crippen LogP contribution in [0.2, 0.25) is 0 Å². The van der Waals surface area contributed by atoms with Crippen LogP contribution < -0.4 is 10.6 Å². The van der Waals surface area contributed by atoms with E-state index in [1.54, 1.807) is 12.1 Å². The van der Waals surface area contributed by atoms with Crippen molar-refractivity contribution in [1.82, 2.24) is 15.5 Å². The maximum absolute atomic E-state index is 12.2. The average molecular weight is 462 g/mol. The topological polar surface area (TPSA) is 74.6 Å². The third kappa shape index (κ3) is 6.44. The van der Waals surface area contributed by atoms with Crippen LogP contribution in [0.1, 0.15) is 53.8 Å². The van der Waals surface area contributed by atoms with Gasteiger partial charge in [-0.05, 0) is 59.1 Å². The van der Waals surface area contributed by atoms with Gasteiger partial charge in [0.15, 0.2) is 10.4 Å². The molecule has 2 N–H and O–H groups in total. The summed E-state index contributed by atoms with van der Waals surface area (Å²) in [5, 5.41) is 5.46. The summed E-state index contributed by atoms with van der Waals surface area (Å²) in [6, 6.07) is 12.0. The van der Waals surface area contributed by atoms with Crippen LogP contribution in [0.15, 0.2) is 45.5 Å². The monoisotopic (exact) mass is 461 g/mol. The second kappa shape index (κ2) is 10.6. The SMILES string of the molecule is CN(Cc1ccccc1CNC(=O)CNC(=O)c1ccc(Br)o1)C1CCCCC1. The molecule has 7 heteroatoms. The van der Waals surface area contributed by atoms with Gasteiger partial charge >= 0.3 is 0 Å². The van der Waals surface area contributed by atoms with Gasteiger partial charge in [0.2, 0.25) is 5.91 Å². The van der Waals surface area contributed by atoms with Gasteiger partial charge in [-0.1, -0.05) is 43.5 Å². The van der Waals surface area contributed by atoms with Crippen molar-refractivity contribution in [2.45, 2.75) is 51.2 Å². The summed E-state index contributed by atoms with van der Waals surface area (Å²) in [7, 11) is 2.19. The molecule has 0 aliphatic heterocycles. The molecule has 1 aliphatic carbocycles. The Morgan fingerprint density at radius 3 is 2.48 bits per heavy atom. The fraction of sp³-hybridized carbons (Fsp3) is 0.455. The van der Waals surface area contributed by atoms with Crippen LogP contribution in [-0.2, 0) is 17.9 Å². The minimum absolute atomic E-state index is 0.0959. The molecule has 1 aliphatic rings. The van der Waals surface area contributed by atoms with Gasteiger partial charge in [0, 0.05) is 19.1 Å². The number of hydrogen-bond acceptors (Lipinski definition) is 4. The quantitative estimate of drug-likeness (QED) is 0.625. The number of rotatable bonds is 8. The van der Waals surface area contributed by atoms with Crippen LogP contribution in [0.25, 0.3) is 0 Å². The largest absolute Gasteiger partial charge is 0.444 e. The van der Waals surface area contributed by atoms with Crippen molar-refractivity contribution in [2.24, 2.45) is 0 Å². The highest BCUT2D eigenvalue weighted by Gasteiger charge is 2.19.